The van der Waals surface area contributed by atoms with Crippen LogP contribution in [0.15, 0.2) is 6.33 Å². The molecule has 7 heteroatoms. The highest BCUT2D eigenvalue weighted by molar-refractivity contribution is 7.91. The quantitative estimate of drug-likeness (QED) is 0.883. The fourth-order valence-electron chi connectivity index (χ4n) is 2.11. The minimum absolute atomic E-state index is 0.203. The summed E-state index contributed by atoms with van der Waals surface area (Å²) in [5.41, 5.74) is 0.982. The molecule has 0 spiro atoms. The van der Waals surface area contributed by atoms with Crippen molar-refractivity contribution in [1.82, 2.24) is 9.97 Å². The Labute approximate surface area is 114 Å². The Balaban J connectivity index is 2.16. The van der Waals surface area contributed by atoms with Gasteiger partial charge in [-0.3, -0.25) is 0 Å². The van der Waals surface area contributed by atoms with E-state index in [4.69, 9.17) is 0 Å². The fraction of sp³-hybridized carbons (Fsp3) is 0.667. The lowest BCUT2D eigenvalue weighted by atomic mass is 10.2. The van der Waals surface area contributed by atoms with Crippen LogP contribution in [-0.2, 0) is 9.84 Å². The van der Waals surface area contributed by atoms with Crippen molar-refractivity contribution in [3.05, 3.63) is 11.9 Å². The Morgan fingerprint density at radius 3 is 2.63 bits per heavy atom. The van der Waals surface area contributed by atoms with Gasteiger partial charge in [0.25, 0.3) is 0 Å². The summed E-state index contributed by atoms with van der Waals surface area (Å²) in [7, 11) is -2.86. The van der Waals surface area contributed by atoms with Crippen molar-refractivity contribution in [3.8, 4) is 0 Å². The van der Waals surface area contributed by atoms with E-state index in [1.54, 1.807) is 0 Å². The molecule has 0 amide bonds. The summed E-state index contributed by atoms with van der Waals surface area (Å²) < 4.78 is 22.9. The van der Waals surface area contributed by atoms with Crippen LogP contribution in [0.3, 0.4) is 0 Å². The van der Waals surface area contributed by atoms with Crippen LogP contribution < -0.4 is 10.2 Å². The molecule has 0 bridgehead atoms. The third kappa shape index (κ3) is 3.34. The SMILES string of the molecule is CCCNc1ncnc(N2CCS(=O)(=O)CC2)c1C. The molecule has 0 aliphatic carbocycles. The largest absolute Gasteiger partial charge is 0.370 e. The summed E-state index contributed by atoms with van der Waals surface area (Å²) in [6.07, 6.45) is 2.56. The average Bonchev–Trinajstić information content (AvgIpc) is 2.38. The second kappa shape index (κ2) is 5.73. The maximum Gasteiger partial charge on any atom is 0.153 e. The molecule has 19 heavy (non-hydrogen) atoms. The van der Waals surface area contributed by atoms with Gasteiger partial charge in [-0.2, -0.15) is 0 Å². The first kappa shape index (κ1) is 14.0. The normalized spacial score (nSPS) is 18.3. The molecule has 0 aromatic carbocycles. The molecule has 6 nitrogen and oxygen atoms in total. The molecule has 0 unspecified atom stereocenters. The maximum atomic E-state index is 11.4. The second-order valence-electron chi connectivity index (χ2n) is 4.74. The van der Waals surface area contributed by atoms with Crippen LogP contribution >= 0.6 is 0 Å². The van der Waals surface area contributed by atoms with Gasteiger partial charge in [0.2, 0.25) is 0 Å². The zero-order valence-electron chi connectivity index (χ0n) is 11.4. The molecule has 2 heterocycles. The van der Waals surface area contributed by atoms with E-state index < -0.39 is 9.84 Å². The highest BCUT2D eigenvalue weighted by Gasteiger charge is 2.24. The van der Waals surface area contributed by atoms with E-state index >= 15 is 0 Å². The molecule has 1 saturated heterocycles. The molecule has 0 saturated carbocycles. The number of aromatic nitrogens is 2. The third-order valence-corrected chi connectivity index (χ3v) is 4.85. The van der Waals surface area contributed by atoms with Crippen molar-refractivity contribution < 1.29 is 8.42 Å². The summed E-state index contributed by atoms with van der Waals surface area (Å²) in [6, 6.07) is 0. The van der Waals surface area contributed by atoms with Crippen LogP contribution in [0.5, 0.6) is 0 Å². The van der Waals surface area contributed by atoms with Crippen molar-refractivity contribution >= 4 is 21.5 Å². The highest BCUT2D eigenvalue weighted by atomic mass is 32.2. The molecule has 1 fully saturated rings. The molecule has 1 aromatic rings. The summed E-state index contributed by atoms with van der Waals surface area (Å²) >= 11 is 0. The van der Waals surface area contributed by atoms with E-state index in [9.17, 15) is 8.42 Å². The third-order valence-electron chi connectivity index (χ3n) is 3.24. The van der Waals surface area contributed by atoms with Gasteiger partial charge in [-0.25, -0.2) is 18.4 Å². The predicted octanol–water partition coefficient (Wildman–Crippen LogP) is 0.842. The van der Waals surface area contributed by atoms with Crippen LogP contribution in [0.1, 0.15) is 18.9 Å². The molecule has 0 radical (unpaired) electrons. The van der Waals surface area contributed by atoms with Gasteiger partial charge in [0, 0.05) is 25.2 Å². The monoisotopic (exact) mass is 284 g/mol. The van der Waals surface area contributed by atoms with Gasteiger partial charge in [0.1, 0.15) is 18.0 Å². The Bertz CT molecular complexity index is 531. The van der Waals surface area contributed by atoms with Gasteiger partial charge in [-0.15, -0.1) is 0 Å². The predicted molar refractivity (Wildman–Crippen MR) is 76.4 cm³/mol. The molecule has 1 N–H and O–H groups in total. The molecule has 2 rings (SSSR count). The minimum atomic E-state index is -2.86. The number of hydrogen-bond donors (Lipinski definition) is 1. The van der Waals surface area contributed by atoms with E-state index in [1.807, 2.05) is 11.8 Å². The molecule has 1 aromatic heterocycles. The average molecular weight is 284 g/mol. The Morgan fingerprint density at radius 2 is 2.00 bits per heavy atom. The Kier molecular flexibility index (Phi) is 4.24. The minimum Gasteiger partial charge on any atom is -0.370 e. The fourth-order valence-corrected chi connectivity index (χ4v) is 3.31. The number of sulfone groups is 1. The van der Waals surface area contributed by atoms with E-state index in [-0.39, 0.29) is 11.5 Å². The van der Waals surface area contributed by atoms with E-state index in [1.165, 1.54) is 6.33 Å². The van der Waals surface area contributed by atoms with Crippen molar-refractivity contribution in [1.29, 1.82) is 0 Å². The topological polar surface area (TPSA) is 75.2 Å². The lowest BCUT2D eigenvalue weighted by Gasteiger charge is -2.29. The lowest BCUT2D eigenvalue weighted by molar-refractivity contribution is 0.586. The van der Waals surface area contributed by atoms with Gasteiger partial charge < -0.3 is 10.2 Å². The smallest absolute Gasteiger partial charge is 0.153 e. The van der Waals surface area contributed by atoms with Crippen LogP contribution in [0, 0.1) is 6.92 Å². The molecular weight excluding hydrogens is 264 g/mol. The van der Waals surface area contributed by atoms with Gasteiger partial charge in [0.15, 0.2) is 9.84 Å². The van der Waals surface area contributed by atoms with Crippen molar-refractivity contribution in [2.75, 3.05) is 41.4 Å². The van der Waals surface area contributed by atoms with Crippen LogP contribution in [0.2, 0.25) is 0 Å². The van der Waals surface area contributed by atoms with Gasteiger partial charge in [-0.1, -0.05) is 6.92 Å². The molecular formula is C12H20N4O2S. The van der Waals surface area contributed by atoms with Crippen molar-refractivity contribution in [2.24, 2.45) is 0 Å². The van der Waals surface area contributed by atoms with Gasteiger partial charge in [-0.05, 0) is 13.3 Å². The van der Waals surface area contributed by atoms with E-state index in [0.717, 1.165) is 30.2 Å². The van der Waals surface area contributed by atoms with Gasteiger partial charge in [0.05, 0.1) is 11.5 Å². The maximum absolute atomic E-state index is 11.4. The number of nitrogens with zero attached hydrogens (tertiary/aromatic N) is 3. The van der Waals surface area contributed by atoms with Crippen LogP contribution in [0.25, 0.3) is 0 Å². The van der Waals surface area contributed by atoms with Crippen LogP contribution in [-0.4, -0.2) is 49.5 Å². The number of rotatable bonds is 4. The lowest BCUT2D eigenvalue weighted by Crippen LogP contribution is -2.41. The zero-order chi connectivity index (χ0) is 13.9. The summed E-state index contributed by atoms with van der Waals surface area (Å²) in [5.74, 6) is 2.08. The number of anilines is 2. The van der Waals surface area contributed by atoms with Crippen LogP contribution in [0.4, 0.5) is 11.6 Å². The number of nitrogens with one attached hydrogen (secondary N) is 1. The van der Waals surface area contributed by atoms with Gasteiger partial charge >= 0.3 is 0 Å². The standard InChI is InChI=1S/C12H20N4O2S/c1-3-4-13-11-10(2)12(15-9-14-11)16-5-7-19(17,18)8-6-16/h9H,3-8H2,1-2H3,(H,13,14,15). The molecule has 106 valence electrons. The first-order valence-corrected chi connectivity index (χ1v) is 8.36. The van der Waals surface area contributed by atoms with E-state index in [0.29, 0.717) is 13.1 Å². The van der Waals surface area contributed by atoms with E-state index in [2.05, 4.69) is 22.2 Å². The second-order valence-corrected chi connectivity index (χ2v) is 7.04. The summed E-state index contributed by atoms with van der Waals surface area (Å²) in [4.78, 5) is 10.6. The van der Waals surface area contributed by atoms with Crippen molar-refractivity contribution in [2.45, 2.75) is 20.3 Å². The highest BCUT2D eigenvalue weighted by Crippen LogP contribution is 2.23. The van der Waals surface area contributed by atoms with Crippen molar-refractivity contribution in [3.63, 3.8) is 0 Å². The molecule has 1 aliphatic heterocycles. The summed E-state index contributed by atoms with van der Waals surface area (Å²) in [6.45, 7) is 5.95. The summed E-state index contributed by atoms with van der Waals surface area (Å²) in [5, 5.41) is 3.26. The number of hydrogen-bond acceptors (Lipinski definition) is 6. The first-order chi connectivity index (χ1) is 9.03. The zero-order valence-corrected chi connectivity index (χ0v) is 12.2. The first-order valence-electron chi connectivity index (χ1n) is 6.54. The Hall–Kier alpha value is -1.37. The Morgan fingerprint density at radius 1 is 1.32 bits per heavy atom. The molecule has 0 atom stereocenters. The molecule has 1 aliphatic rings.